The molecular formula is C16H15F4NO. The first-order chi connectivity index (χ1) is 10.1. The lowest BCUT2D eigenvalue weighted by Gasteiger charge is -2.19. The SMILES string of the molecule is CC(C)(C)c1cncc(Oc2cc(F)cc(C(F)(F)F)c2)c1. The number of pyridine rings is 1. The molecule has 0 N–H and O–H groups in total. The van der Waals surface area contributed by atoms with Crippen molar-refractivity contribution >= 4 is 0 Å². The quantitative estimate of drug-likeness (QED) is 0.699. The van der Waals surface area contributed by atoms with Gasteiger partial charge in [-0.2, -0.15) is 13.2 Å². The van der Waals surface area contributed by atoms with Crippen LogP contribution in [-0.4, -0.2) is 4.98 Å². The van der Waals surface area contributed by atoms with Crippen molar-refractivity contribution < 1.29 is 22.3 Å². The maximum atomic E-state index is 13.3. The predicted molar refractivity (Wildman–Crippen MR) is 74.4 cm³/mol. The van der Waals surface area contributed by atoms with Gasteiger partial charge in [0, 0.05) is 12.3 Å². The summed E-state index contributed by atoms with van der Waals surface area (Å²) in [5, 5.41) is 0. The highest BCUT2D eigenvalue weighted by atomic mass is 19.4. The Morgan fingerprint density at radius 2 is 1.50 bits per heavy atom. The van der Waals surface area contributed by atoms with Gasteiger partial charge in [0.05, 0.1) is 11.8 Å². The summed E-state index contributed by atoms with van der Waals surface area (Å²) >= 11 is 0. The molecule has 6 heteroatoms. The van der Waals surface area contributed by atoms with E-state index >= 15 is 0 Å². The number of halogens is 4. The molecule has 0 saturated carbocycles. The average Bonchev–Trinajstić information content (AvgIpc) is 2.36. The maximum Gasteiger partial charge on any atom is 0.416 e. The number of rotatable bonds is 2. The molecule has 0 saturated heterocycles. The summed E-state index contributed by atoms with van der Waals surface area (Å²) in [6.45, 7) is 5.91. The molecule has 2 nitrogen and oxygen atoms in total. The molecule has 0 fully saturated rings. The number of benzene rings is 1. The Labute approximate surface area is 125 Å². The van der Waals surface area contributed by atoms with E-state index in [0.717, 1.165) is 17.7 Å². The Morgan fingerprint density at radius 1 is 0.864 bits per heavy atom. The highest BCUT2D eigenvalue weighted by molar-refractivity contribution is 5.36. The summed E-state index contributed by atoms with van der Waals surface area (Å²) < 4.78 is 56.7. The van der Waals surface area contributed by atoms with E-state index in [1.165, 1.54) is 6.20 Å². The van der Waals surface area contributed by atoms with Crippen molar-refractivity contribution in [2.75, 3.05) is 0 Å². The van der Waals surface area contributed by atoms with Crippen LogP contribution < -0.4 is 4.74 Å². The van der Waals surface area contributed by atoms with E-state index in [0.29, 0.717) is 6.07 Å². The highest BCUT2D eigenvalue weighted by Crippen LogP contribution is 2.34. The predicted octanol–water partition coefficient (Wildman–Crippen LogP) is 5.33. The maximum absolute atomic E-state index is 13.3. The molecule has 1 aromatic carbocycles. The lowest BCUT2D eigenvalue weighted by Crippen LogP contribution is -2.11. The van der Waals surface area contributed by atoms with Gasteiger partial charge in [0.15, 0.2) is 0 Å². The number of alkyl halides is 3. The van der Waals surface area contributed by atoms with Gasteiger partial charge < -0.3 is 4.74 Å². The molecule has 0 bridgehead atoms. The van der Waals surface area contributed by atoms with Crippen LogP contribution in [-0.2, 0) is 11.6 Å². The smallest absolute Gasteiger partial charge is 0.416 e. The summed E-state index contributed by atoms with van der Waals surface area (Å²) in [5.41, 5.74) is -0.425. The number of ether oxygens (including phenoxy) is 1. The molecule has 0 aliphatic heterocycles. The minimum atomic E-state index is -4.63. The van der Waals surface area contributed by atoms with Crippen molar-refractivity contribution in [2.24, 2.45) is 0 Å². The summed E-state index contributed by atoms with van der Waals surface area (Å²) in [4.78, 5) is 4.00. The molecule has 118 valence electrons. The minimum absolute atomic E-state index is 0.189. The average molecular weight is 313 g/mol. The van der Waals surface area contributed by atoms with Crippen LogP contribution >= 0.6 is 0 Å². The Kier molecular flexibility index (Phi) is 4.13. The molecule has 0 amide bonds. The van der Waals surface area contributed by atoms with Gasteiger partial charge >= 0.3 is 6.18 Å². The number of hydrogen-bond acceptors (Lipinski definition) is 2. The van der Waals surface area contributed by atoms with Gasteiger partial charge in [0.1, 0.15) is 17.3 Å². The Balaban J connectivity index is 2.34. The van der Waals surface area contributed by atoms with Gasteiger partial charge in [0.2, 0.25) is 0 Å². The zero-order chi connectivity index (χ0) is 16.5. The van der Waals surface area contributed by atoms with E-state index in [4.69, 9.17) is 4.74 Å². The van der Waals surface area contributed by atoms with Crippen molar-refractivity contribution in [1.29, 1.82) is 0 Å². The van der Waals surface area contributed by atoms with Crippen LogP contribution in [0.25, 0.3) is 0 Å². The number of hydrogen-bond donors (Lipinski definition) is 0. The van der Waals surface area contributed by atoms with E-state index in [1.54, 1.807) is 12.3 Å². The van der Waals surface area contributed by atoms with Crippen molar-refractivity contribution in [3.05, 3.63) is 53.6 Å². The Morgan fingerprint density at radius 3 is 2.09 bits per heavy atom. The summed E-state index contributed by atoms with van der Waals surface area (Å²) in [7, 11) is 0. The summed E-state index contributed by atoms with van der Waals surface area (Å²) in [6, 6.07) is 3.76. The van der Waals surface area contributed by atoms with Gasteiger partial charge in [-0.15, -0.1) is 0 Å². The van der Waals surface area contributed by atoms with Gasteiger partial charge in [-0.05, 0) is 29.2 Å². The zero-order valence-electron chi connectivity index (χ0n) is 12.3. The van der Waals surface area contributed by atoms with Gasteiger partial charge in [-0.1, -0.05) is 20.8 Å². The molecule has 0 unspecified atom stereocenters. The lowest BCUT2D eigenvalue weighted by molar-refractivity contribution is -0.137. The first kappa shape index (κ1) is 16.3. The van der Waals surface area contributed by atoms with Crippen molar-refractivity contribution in [3.8, 4) is 11.5 Å². The molecule has 0 aliphatic rings. The van der Waals surface area contributed by atoms with E-state index in [-0.39, 0.29) is 16.9 Å². The number of aromatic nitrogens is 1. The third-order valence-electron chi connectivity index (χ3n) is 3.01. The normalized spacial score (nSPS) is 12.3. The first-order valence-corrected chi connectivity index (χ1v) is 6.57. The fourth-order valence-corrected chi connectivity index (χ4v) is 1.81. The molecule has 2 rings (SSSR count). The molecule has 2 aromatic rings. The molecule has 0 aliphatic carbocycles. The molecule has 1 heterocycles. The third-order valence-corrected chi connectivity index (χ3v) is 3.01. The Bertz CT molecular complexity index is 675. The fraction of sp³-hybridized carbons (Fsp3) is 0.312. The molecule has 22 heavy (non-hydrogen) atoms. The molecule has 0 atom stereocenters. The van der Waals surface area contributed by atoms with Crippen molar-refractivity contribution in [3.63, 3.8) is 0 Å². The number of nitrogens with zero attached hydrogens (tertiary/aromatic N) is 1. The zero-order valence-corrected chi connectivity index (χ0v) is 12.3. The second kappa shape index (κ2) is 5.59. The molecule has 0 spiro atoms. The monoisotopic (exact) mass is 313 g/mol. The summed E-state index contributed by atoms with van der Waals surface area (Å²) in [6.07, 6.45) is -1.61. The summed E-state index contributed by atoms with van der Waals surface area (Å²) in [5.74, 6) is -0.976. The first-order valence-electron chi connectivity index (χ1n) is 6.57. The van der Waals surface area contributed by atoms with E-state index in [2.05, 4.69) is 4.98 Å². The van der Waals surface area contributed by atoms with E-state index in [1.807, 2.05) is 20.8 Å². The van der Waals surface area contributed by atoms with E-state index in [9.17, 15) is 17.6 Å². The molecular weight excluding hydrogens is 298 g/mol. The largest absolute Gasteiger partial charge is 0.456 e. The second-order valence-electron chi connectivity index (χ2n) is 5.93. The van der Waals surface area contributed by atoms with Gasteiger partial charge in [-0.25, -0.2) is 4.39 Å². The molecule has 0 radical (unpaired) electrons. The van der Waals surface area contributed by atoms with Gasteiger partial charge in [-0.3, -0.25) is 4.98 Å². The second-order valence-corrected chi connectivity index (χ2v) is 5.93. The topological polar surface area (TPSA) is 22.1 Å². The Hall–Kier alpha value is -2.11. The van der Waals surface area contributed by atoms with Crippen molar-refractivity contribution in [2.45, 2.75) is 32.4 Å². The van der Waals surface area contributed by atoms with Crippen LogP contribution in [0.5, 0.6) is 11.5 Å². The minimum Gasteiger partial charge on any atom is -0.456 e. The lowest BCUT2D eigenvalue weighted by atomic mass is 9.88. The van der Waals surface area contributed by atoms with Crippen LogP contribution in [0, 0.1) is 5.82 Å². The highest BCUT2D eigenvalue weighted by Gasteiger charge is 2.31. The third kappa shape index (κ3) is 3.96. The standard InChI is InChI=1S/C16H15F4NO/c1-15(2,3)11-6-14(9-21-8-11)22-13-5-10(16(18,19)20)4-12(17)7-13/h4-9H,1-3H3. The van der Waals surface area contributed by atoms with Crippen LogP contribution in [0.15, 0.2) is 36.7 Å². The van der Waals surface area contributed by atoms with Gasteiger partial charge in [0.25, 0.3) is 0 Å². The van der Waals surface area contributed by atoms with Crippen LogP contribution in [0.4, 0.5) is 17.6 Å². The van der Waals surface area contributed by atoms with E-state index < -0.39 is 17.6 Å². The van der Waals surface area contributed by atoms with Crippen LogP contribution in [0.1, 0.15) is 31.9 Å². The van der Waals surface area contributed by atoms with Crippen LogP contribution in [0.3, 0.4) is 0 Å². The fourth-order valence-electron chi connectivity index (χ4n) is 1.81. The van der Waals surface area contributed by atoms with Crippen molar-refractivity contribution in [1.82, 2.24) is 4.98 Å². The van der Waals surface area contributed by atoms with Crippen LogP contribution in [0.2, 0.25) is 0 Å². The molecule has 1 aromatic heterocycles.